The van der Waals surface area contributed by atoms with E-state index in [2.05, 4.69) is 50.5 Å². The Labute approximate surface area is 146 Å². The van der Waals surface area contributed by atoms with Crippen molar-refractivity contribution in [1.82, 2.24) is 20.2 Å². The van der Waals surface area contributed by atoms with E-state index in [-0.39, 0.29) is 12.1 Å². The van der Waals surface area contributed by atoms with E-state index >= 15 is 0 Å². The monoisotopic (exact) mass is 334 g/mol. The van der Waals surface area contributed by atoms with Gasteiger partial charge in [-0.25, -0.2) is 0 Å². The summed E-state index contributed by atoms with van der Waals surface area (Å²) >= 11 is 5.64. The summed E-state index contributed by atoms with van der Waals surface area (Å²) in [5, 5.41) is 4.21. The number of nitrogens with zero attached hydrogens (tertiary/aromatic N) is 2. The number of rotatable bonds is 4. The van der Waals surface area contributed by atoms with Crippen LogP contribution in [0.2, 0.25) is 0 Å². The lowest BCUT2D eigenvalue weighted by atomic mass is 10.0. The smallest absolute Gasteiger partial charge is 0.170 e. The summed E-state index contributed by atoms with van der Waals surface area (Å²) in [6.45, 7) is 0.764. The highest BCUT2D eigenvalue weighted by Gasteiger charge is 2.40. The molecule has 0 bridgehead atoms. The Morgan fingerprint density at radius 2 is 1.83 bits per heavy atom. The van der Waals surface area contributed by atoms with Crippen molar-refractivity contribution in [2.24, 2.45) is 0 Å². The van der Waals surface area contributed by atoms with Crippen molar-refractivity contribution >= 4 is 17.3 Å². The molecule has 120 valence electrons. The molecule has 3 heterocycles. The summed E-state index contributed by atoms with van der Waals surface area (Å²) in [6.07, 6.45) is 3.78. The third kappa shape index (κ3) is 2.78. The average molecular weight is 334 g/mol. The number of aromatic amines is 1. The van der Waals surface area contributed by atoms with Crippen LogP contribution in [0.1, 0.15) is 29.0 Å². The average Bonchev–Trinajstić information content (AvgIpc) is 3.25. The van der Waals surface area contributed by atoms with Crippen LogP contribution < -0.4 is 5.32 Å². The largest absolute Gasteiger partial charge is 0.363 e. The third-order valence-electron chi connectivity index (χ3n) is 4.33. The van der Waals surface area contributed by atoms with Gasteiger partial charge in [0.1, 0.15) is 0 Å². The first kappa shape index (κ1) is 14.9. The topological polar surface area (TPSA) is 44.0 Å². The van der Waals surface area contributed by atoms with E-state index in [1.165, 1.54) is 5.56 Å². The molecule has 1 aromatic carbocycles. The van der Waals surface area contributed by atoms with Crippen molar-refractivity contribution < 1.29 is 0 Å². The Morgan fingerprint density at radius 1 is 1.00 bits per heavy atom. The number of H-pyrrole nitrogens is 1. The minimum absolute atomic E-state index is 0.0288. The number of hydrogen-bond donors (Lipinski definition) is 2. The molecule has 3 aromatic rings. The highest BCUT2D eigenvalue weighted by Crippen LogP contribution is 2.38. The second-order valence-corrected chi connectivity index (χ2v) is 6.25. The van der Waals surface area contributed by atoms with Gasteiger partial charge in [0.2, 0.25) is 0 Å². The fourth-order valence-electron chi connectivity index (χ4n) is 3.22. The maximum atomic E-state index is 5.64. The van der Waals surface area contributed by atoms with Gasteiger partial charge >= 0.3 is 0 Å². The van der Waals surface area contributed by atoms with E-state index in [4.69, 9.17) is 12.2 Å². The molecular weight excluding hydrogens is 316 g/mol. The molecule has 1 aliphatic heterocycles. The van der Waals surface area contributed by atoms with Crippen LogP contribution in [0.15, 0.2) is 73.1 Å². The maximum absolute atomic E-state index is 5.64. The van der Waals surface area contributed by atoms with Crippen LogP contribution in [0.25, 0.3) is 0 Å². The van der Waals surface area contributed by atoms with Gasteiger partial charge in [0, 0.05) is 24.6 Å². The molecule has 2 aromatic heterocycles. The predicted molar refractivity (Wildman–Crippen MR) is 98.2 cm³/mol. The Bertz CT molecular complexity index is 802. The van der Waals surface area contributed by atoms with Crippen LogP contribution in [0.5, 0.6) is 0 Å². The van der Waals surface area contributed by atoms with E-state index in [1.54, 1.807) is 0 Å². The van der Waals surface area contributed by atoms with Crippen molar-refractivity contribution in [3.63, 3.8) is 0 Å². The first-order valence-electron chi connectivity index (χ1n) is 7.98. The molecule has 5 heteroatoms. The number of hydrogen-bond acceptors (Lipinski definition) is 2. The number of benzene rings is 1. The Balaban J connectivity index is 1.71. The fourth-order valence-corrected chi connectivity index (χ4v) is 3.53. The van der Waals surface area contributed by atoms with Gasteiger partial charge in [0.15, 0.2) is 5.11 Å². The molecule has 2 atom stereocenters. The lowest BCUT2D eigenvalue weighted by Crippen LogP contribution is -2.29. The second kappa shape index (κ2) is 6.45. The van der Waals surface area contributed by atoms with Gasteiger partial charge in [-0.1, -0.05) is 36.4 Å². The molecular formula is C19H18N4S. The zero-order valence-electron chi connectivity index (χ0n) is 13.1. The Morgan fingerprint density at radius 3 is 2.54 bits per heavy atom. The van der Waals surface area contributed by atoms with Gasteiger partial charge in [-0.15, -0.1) is 0 Å². The van der Waals surface area contributed by atoms with Crippen molar-refractivity contribution in [2.45, 2.75) is 18.6 Å². The van der Waals surface area contributed by atoms with Gasteiger partial charge < -0.3 is 15.2 Å². The van der Waals surface area contributed by atoms with E-state index in [0.29, 0.717) is 0 Å². The molecule has 0 radical (unpaired) electrons. The fraction of sp³-hybridized carbons (Fsp3) is 0.158. The van der Waals surface area contributed by atoms with Crippen LogP contribution in [-0.4, -0.2) is 20.0 Å². The number of thiocarbonyl (C=S) groups is 1. The molecule has 0 aliphatic carbocycles. The molecule has 1 aliphatic rings. The van der Waals surface area contributed by atoms with Crippen LogP contribution in [0.3, 0.4) is 0 Å². The van der Waals surface area contributed by atoms with Crippen LogP contribution in [0, 0.1) is 0 Å². The van der Waals surface area contributed by atoms with E-state index < -0.39 is 0 Å². The summed E-state index contributed by atoms with van der Waals surface area (Å²) in [5.41, 5.74) is 3.36. The van der Waals surface area contributed by atoms with Crippen LogP contribution in [-0.2, 0) is 6.54 Å². The van der Waals surface area contributed by atoms with Crippen molar-refractivity contribution in [2.75, 3.05) is 0 Å². The first-order chi connectivity index (χ1) is 11.8. The molecule has 0 unspecified atom stereocenters. The van der Waals surface area contributed by atoms with E-state index in [9.17, 15) is 0 Å². The summed E-state index contributed by atoms with van der Waals surface area (Å²) in [7, 11) is 0. The number of nitrogens with one attached hydrogen (secondary N) is 2. The molecule has 24 heavy (non-hydrogen) atoms. The molecule has 0 spiro atoms. The summed E-state index contributed by atoms with van der Waals surface area (Å²) in [6, 6.07) is 20.6. The summed E-state index contributed by atoms with van der Waals surface area (Å²) in [4.78, 5) is 10.1. The normalized spacial score (nSPS) is 20.2. The Kier molecular flexibility index (Phi) is 4.01. The quantitative estimate of drug-likeness (QED) is 0.716. The number of aromatic nitrogens is 2. The highest BCUT2D eigenvalue weighted by atomic mass is 32.1. The molecule has 4 nitrogen and oxygen atoms in total. The zero-order chi connectivity index (χ0) is 16.4. The molecule has 0 saturated carbocycles. The number of pyridine rings is 1. The van der Waals surface area contributed by atoms with Crippen LogP contribution >= 0.6 is 12.2 Å². The SMILES string of the molecule is S=C1N[C@@H](c2ccccn2)[C@H](c2ccc[nH]2)N1Cc1ccccc1. The molecule has 1 saturated heterocycles. The van der Waals surface area contributed by atoms with Gasteiger partial charge in [-0.2, -0.15) is 0 Å². The standard InChI is InChI=1S/C19H18N4S/c24-19-22-17(15-9-4-5-11-20-15)18(16-10-6-12-21-16)23(19)13-14-7-2-1-3-8-14/h1-12,17-18,21H,13H2,(H,22,24)/t17-,18-/m0/s1. The Hall–Kier alpha value is -2.66. The minimum Gasteiger partial charge on any atom is -0.363 e. The van der Waals surface area contributed by atoms with Crippen molar-refractivity contribution in [1.29, 1.82) is 0 Å². The highest BCUT2D eigenvalue weighted by molar-refractivity contribution is 7.80. The lowest BCUT2D eigenvalue weighted by Gasteiger charge is -2.27. The van der Waals surface area contributed by atoms with Gasteiger partial charge in [-0.3, -0.25) is 4.98 Å². The molecule has 0 amide bonds. The van der Waals surface area contributed by atoms with Crippen LogP contribution in [0.4, 0.5) is 0 Å². The second-order valence-electron chi connectivity index (χ2n) is 5.87. The van der Waals surface area contributed by atoms with Gasteiger partial charge in [0.25, 0.3) is 0 Å². The van der Waals surface area contributed by atoms with Gasteiger partial charge in [0.05, 0.1) is 17.8 Å². The van der Waals surface area contributed by atoms with Gasteiger partial charge in [-0.05, 0) is 42.0 Å². The minimum atomic E-state index is 0.0288. The molecule has 4 rings (SSSR count). The van der Waals surface area contributed by atoms with E-state index in [0.717, 1.165) is 23.0 Å². The maximum Gasteiger partial charge on any atom is 0.170 e. The molecule has 1 fully saturated rings. The van der Waals surface area contributed by atoms with E-state index in [1.807, 2.05) is 42.7 Å². The first-order valence-corrected chi connectivity index (χ1v) is 8.39. The van der Waals surface area contributed by atoms with Crippen molar-refractivity contribution in [3.05, 3.63) is 90.0 Å². The van der Waals surface area contributed by atoms with Crippen molar-refractivity contribution in [3.8, 4) is 0 Å². The summed E-state index contributed by atoms with van der Waals surface area (Å²) in [5.74, 6) is 0. The lowest BCUT2D eigenvalue weighted by molar-refractivity contribution is 0.306. The summed E-state index contributed by atoms with van der Waals surface area (Å²) < 4.78 is 0. The predicted octanol–water partition coefficient (Wildman–Crippen LogP) is 3.58. The molecule has 2 N–H and O–H groups in total. The third-order valence-corrected chi connectivity index (χ3v) is 4.69. The zero-order valence-corrected chi connectivity index (χ0v) is 13.9.